The van der Waals surface area contributed by atoms with Gasteiger partial charge in [0.05, 0.1) is 22.4 Å². The van der Waals surface area contributed by atoms with Gasteiger partial charge < -0.3 is 14.0 Å². The molecule has 0 N–H and O–H groups in total. The van der Waals surface area contributed by atoms with Crippen molar-refractivity contribution >= 4 is 64.5 Å². The molecule has 0 aliphatic heterocycles. The van der Waals surface area contributed by atoms with Crippen LogP contribution in [0.15, 0.2) is 162 Å². The molecule has 4 nitrogen and oxygen atoms in total. The number of nitrogens with zero attached hydrogens (tertiary/aromatic N) is 3. The van der Waals surface area contributed by atoms with E-state index in [1.807, 2.05) is 35.6 Å². The van der Waals surface area contributed by atoms with Gasteiger partial charge in [-0.1, -0.05) is 111 Å². The molecule has 0 spiro atoms. The minimum Gasteiger partial charge on any atom is -0.500 e. The maximum absolute atomic E-state index is 7.23. The van der Waals surface area contributed by atoms with E-state index < -0.39 is 6.85 Å². The minimum absolute atomic E-state index is 0. The molecule has 0 unspecified atom stereocenters. The van der Waals surface area contributed by atoms with E-state index >= 15 is 0 Å². The van der Waals surface area contributed by atoms with E-state index in [1.54, 1.807) is 18.2 Å². The van der Waals surface area contributed by atoms with Gasteiger partial charge in [-0.25, -0.2) is 0 Å². The van der Waals surface area contributed by atoms with Gasteiger partial charge in [0.25, 0.3) is 0 Å². The average molecular weight is 989 g/mol. The molecule has 7 aromatic carbocycles. The number of furan rings is 1. The van der Waals surface area contributed by atoms with Crippen LogP contribution in [0.3, 0.4) is 0 Å². The molecular formula is C55H43IrN3OS-2. The van der Waals surface area contributed by atoms with Crippen molar-refractivity contribution in [3.05, 3.63) is 187 Å². The number of hydrogen-bond acceptors (Lipinski definition) is 4. The van der Waals surface area contributed by atoms with Crippen LogP contribution in [0, 0.1) is 19.0 Å². The molecule has 11 aromatic rings. The Morgan fingerprint density at radius 2 is 1.41 bits per heavy atom. The number of pyridine rings is 1. The van der Waals surface area contributed by atoms with Gasteiger partial charge in [-0.15, -0.1) is 65.4 Å². The number of hydrogen-bond donors (Lipinski definition) is 0. The molecule has 11 rings (SSSR count). The fourth-order valence-electron chi connectivity index (χ4n) is 8.27. The monoisotopic (exact) mass is 989 g/mol. The van der Waals surface area contributed by atoms with Gasteiger partial charge in [0.1, 0.15) is 5.58 Å². The van der Waals surface area contributed by atoms with Crippen molar-refractivity contribution in [3.63, 3.8) is 0 Å². The molecule has 0 saturated heterocycles. The maximum atomic E-state index is 7.23. The molecule has 301 valence electrons. The van der Waals surface area contributed by atoms with Gasteiger partial charge in [0.2, 0.25) is 0 Å². The molecule has 6 heteroatoms. The second kappa shape index (κ2) is 16.7. The van der Waals surface area contributed by atoms with Crippen LogP contribution in [0.5, 0.6) is 0 Å². The summed E-state index contributed by atoms with van der Waals surface area (Å²) in [5, 5.41) is 4.75. The van der Waals surface area contributed by atoms with E-state index in [9.17, 15) is 0 Å². The fraction of sp³-hybridized carbons (Fsp3) is 0.127. The third kappa shape index (κ3) is 7.40. The van der Waals surface area contributed by atoms with E-state index in [4.69, 9.17) is 13.5 Å². The van der Waals surface area contributed by atoms with Crippen molar-refractivity contribution in [2.75, 3.05) is 0 Å². The van der Waals surface area contributed by atoms with Crippen LogP contribution in [0.2, 0.25) is 0 Å². The van der Waals surface area contributed by atoms with Gasteiger partial charge in [0.15, 0.2) is 0 Å². The Kier molecular flexibility index (Phi) is 10.0. The van der Waals surface area contributed by atoms with Crippen LogP contribution in [-0.2, 0) is 20.1 Å². The molecule has 1 radical (unpaired) electrons. The van der Waals surface area contributed by atoms with Crippen molar-refractivity contribution in [2.24, 2.45) is 0 Å². The van der Waals surface area contributed by atoms with Crippen molar-refractivity contribution in [2.45, 2.75) is 46.4 Å². The third-order valence-corrected chi connectivity index (χ3v) is 12.3. The van der Waals surface area contributed by atoms with Gasteiger partial charge >= 0.3 is 0 Å². The summed E-state index contributed by atoms with van der Waals surface area (Å²) < 4.78 is 33.4. The minimum atomic E-state index is -2.09. The quantitative estimate of drug-likeness (QED) is 0.156. The molecule has 0 aliphatic rings. The molecule has 4 aromatic heterocycles. The molecule has 4 heterocycles. The van der Waals surface area contributed by atoms with Gasteiger partial charge in [0, 0.05) is 61.7 Å². The summed E-state index contributed by atoms with van der Waals surface area (Å²) in [5.74, 6) is 1.42. The van der Waals surface area contributed by atoms with Crippen molar-refractivity contribution in [1.29, 1.82) is 0 Å². The Morgan fingerprint density at radius 3 is 2.15 bits per heavy atom. The molecular weight excluding hydrogens is 943 g/mol. The van der Waals surface area contributed by atoms with Crippen LogP contribution < -0.4 is 0 Å². The van der Waals surface area contributed by atoms with Crippen molar-refractivity contribution in [3.8, 4) is 39.5 Å². The molecule has 0 aliphatic carbocycles. The van der Waals surface area contributed by atoms with Gasteiger partial charge in [-0.3, -0.25) is 4.98 Å². The Morgan fingerprint density at radius 1 is 0.656 bits per heavy atom. The zero-order chi connectivity index (χ0) is 43.4. The van der Waals surface area contributed by atoms with E-state index in [0.717, 1.165) is 55.6 Å². The predicted octanol–water partition coefficient (Wildman–Crippen LogP) is 15.5. The molecule has 0 bridgehead atoms. The Balaban J connectivity index is 0.000000258. The first-order chi connectivity index (χ1) is 30.5. The van der Waals surface area contributed by atoms with Crippen LogP contribution in [0.25, 0.3) is 92.6 Å². The molecule has 0 fully saturated rings. The zero-order valence-electron chi connectivity index (χ0n) is 37.2. The Bertz CT molecular complexity index is 3410. The first-order valence-electron chi connectivity index (χ1n) is 21.9. The largest absolute Gasteiger partial charge is 0.500 e. The number of thiophene rings is 1. The standard InChI is InChI=1S/C43H33N2OS.C12H10N.Ir/c1-25(2)32-21-28(27-13-6-5-7-14-27)22-33(26(3)4)41(32)45-37-19-10-9-18-36(37)44-43(45)31-17-12-16-30-34-23-35-29-15-8-11-20-39(29)47-40(35)24-38(34)46-42(30)31;1-10-7-8-12(13-9-10)11-5-3-2-4-6-11;/h5-16,18-26H,1-4H3;2-5,7-9H,1H3;/q2*-1;/i;1D3;. The summed E-state index contributed by atoms with van der Waals surface area (Å²) in [6, 6.07) is 58.6. The topological polar surface area (TPSA) is 43.9 Å². The number of fused-ring (bicyclic) bond motifs is 7. The summed E-state index contributed by atoms with van der Waals surface area (Å²) in [4.78, 5) is 9.45. The number of para-hydroxylation sites is 2. The van der Waals surface area contributed by atoms with E-state index in [0.29, 0.717) is 0 Å². The second-order valence-corrected chi connectivity index (χ2v) is 16.9. The molecule has 0 amide bonds. The molecule has 0 atom stereocenters. The van der Waals surface area contributed by atoms with Gasteiger partial charge in [-0.2, -0.15) is 0 Å². The second-order valence-electron chi connectivity index (χ2n) is 15.8. The molecule has 61 heavy (non-hydrogen) atoms. The zero-order valence-corrected chi connectivity index (χ0v) is 37.4. The summed E-state index contributed by atoms with van der Waals surface area (Å²) in [5.41, 5.74) is 12.7. The fourth-order valence-corrected chi connectivity index (χ4v) is 9.38. The van der Waals surface area contributed by atoms with E-state index in [1.165, 1.54) is 54.3 Å². The van der Waals surface area contributed by atoms with E-state index in [-0.39, 0.29) is 37.5 Å². The normalized spacial score (nSPS) is 12.5. The first kappa shape index (κ1) is 36.7. The van der Waals surface area contributed by atoms with Crippen LogP contribution in [-0.4, -0.2) is 14.5 Å². The maximum Gasteiger partial charge on any atom is 0.122 e. The summed E-state index contributed by atoms with van der Waals surface area (Å²) in [6.45, 7) is 7.07. The Labute approximate surface area is 378 Å². The Hall–Kier alpha value is -6.17. The summed E-state index contributed by atoms with van der Waals surface area (Å²) in [7, 11) is 0. The van der Waals surface area contributed by atoms with E-state index in [2.05, 4.69) is 159 Å². The van der Waals surface area contributed by atoms with Crippen LogP contribution in [0.4, 0.5) is 0 Å². The SMILES string of the molecule is CC(C)c1cc(-c2ccccc2)cc(C(C)C)c1-n1c(-c2[c-]ccc3c2oc2cc4sc5ccccc5c4cc23)nc2ccccc21.[2H]C([2H])([2H])c1ccc(-c2[c-]cccc2)nc1.[Ir]. The van der Waals surface area contributed by atoms with Crippen LogP contribution >= 0.6 is 11.3 Å². The number of aryl methyl sites for hydroxylation is 1. The summed E-state index contributed by atoms with van der Waals surface area (Å²) >= 11 is 1.81. The number of imidazole rings is 1. The number of aromatic nitrogens is 3. The van der Waals surface area contributed by atoms with Crippen LogP contribution in [0.1, 0.15) is 60.3 Å². The van der Waals surface area contributed by atoms with Crippen molar-refractivity contribution < 1.29 is 28.6 Å². The first-order valence-corrected chi connectivity index (χ1v) is 21.2. The molecule has 0 saturated carbocycles. The predicted molar refractivity (Wildman–Crippen MR) is 252 cm³/mol. The summed E-state index contributed by atoms with van der Waals surface area (Å²) in [6.07, 6.45) is 1.39. The average Bonchev–Trinajstić information content (AvgIpc) is 3.99. The smallest absolute Gasteiger partial charge is 0.122 e. The van der Waals surface area contributed by atoms with Crippen molar-refractivity contribution in [1.82, 2.24) is 14.5 Å². The van der Waals surface area contributed by atoms with Gasteiger partial charge in [-0.05, 0) is 94.7 Å². The third-order valence-electron chi connectivity index (χ3n) is 11.2. The number of rotatable bonds is 6. The number of benzene rings is 7.